The minimum absolute atomic E-state index is 0.373. The molecule has 1 aromatic rings. The highest BCUT2D eigenvalue weighted by Gasteiger charge is 2.20. The van der Waals surface area contributed by atoms with E-state index in [0.717, 1.165) is 31.1 Å². The molecule has 1 aliphatic rings. The van der Waals surface area contributed by atoms with E-state index in [1.54, 1.807) is 16.8 Å². The van der Waals surface area contributed by atoms with Crippen LogP contribution in [0.4, 0.5) is 5.13 Å². The van der Waals surface area contributed by atoms with Crippen molar-refractivity contribution in [1.29, 1.82) is 0 Å². The maximum absolute atomic E-state index is 5.61. The molecule has 0 aromatic carbocycles. The van der Waals surface area contributed by atoms with Gasteiger partial charge in [0.1, 0.15) is 5.51 Å². The molecule has 1 fully saturated rings. The van der Waals surface area contributed by atoms with Crippen molar-refractivity contribution in [2.75, 3.05) is 31.1 Å². The number of hydrogen-bond acceptors (Lipinski definition) is 6. The number of hydrogen-bond donors (Lipinski definition) is 1. The van der Waals surface area contributed by atoms with Crippen LogP contribution in [0.3, 0.4) is 0 Å². The van der Waals surface area contributed by atoms with Crippen molar-refractivity contribution >= 4 is 16.5 Å². The fourth-order valence-corrected chi connectivity index (χ4v) is 2.37. The van der Waals surface area contributed by atoms with E-state index in [-0.39, 0.29) is 0 Å². The summed E-state index contributed by atoms with van der Waals surface area (Å²) in [7, 11) is 0. The Morgan fingerprint density at radius 3 is 2.93 bits per heavy atom. The van der Waals surface area contributed by atoms with E-state index in [1.807, 2.05) is 0 Å². The first kappa shape index (κ1) is 10.8. The predicted molar refractivity (Wildman–Crippen MR) is 60.2 cm³/mol. The minimum atomic E-state index is 0.373. The Hall–Kier alpha value is -0.720. The summed E-state index contributed by atoms with van der Waals surface area (Å²) >= 11 is 1.59. The SMILES string of the molecule is NCCOC1CCN(c2nncs2)CC1. The standard InChI is InChI=1S/C9H16N4OS/c10-3-6-14-8-1-4-13(5-2-8)9-12-11-7-15-9/h7-8H,1-6,10H2. The highest BCUT2D eigenvalue weighted by molar-refractivity contribution is 7.13. The Balaban J connectivity index is 1.77. The van der Waals surface area contributed by atoms with Crippen molar-refractivity contribution in [3.63, 3.8) is 0 Å². The van der Waals surface area contributed by atoms with E-state index >= 15 is 0 Å². The van der Waals surface area contributed by atoms with Crippen LogP contribution in [0.25, 0.3) is 0 Å². The van der Waals surface area contributed by atoms with E-state index < -0.39 is 0 Å². The molecule has 1 aromatic heterocycles. The zero-order valence-corrected chi connectivity index (χ0v) is 9.45. The van der Waals surface area contributed by atoms with Gasteiger partial charge in [-0.15, -0.1) is 10.2 Å². The number of anilines is 1. The molecule has 0 amide bonds. The molecule has 2 rings (SSSR count). The first-order chi connectivity index (χ1) is 7.40. The summed E-state index contributed by atoms with van der Waals surface area (Å²) in [6, 6.07) is 0. The second kappa shape index (κ2) is 5.39. The van der Waals surface area contributed by atoms with Gasteiger partial charge in [-0.1, -0.05) is 11.3 Å². The van der Waals surface area contributed by atoms with Crippen LogP contribution in [-0.2, 0) is 4.74 Å². The lowest BCUT2D eigenvalue weighted by atomic mass is 10.1. The molecule has 0 saturated carbocycles. The fraction of sp³-hybridized carbons (Fsp3) is 0.778. The summed E-state index contributed by atoms with van der Waals surface area (Å²) in [6.45, 7) is 3.29. The van der Waals surface area contributed by atoms with Crippen LogP contribution in [0.1, 0.15) is 12.8 Å². The van der Waals surface area contributed by atoms with Crippen LogP contribution in [0.2, 0.25) is 0 Å². The molecule has 2 N–H and O–H groups in total. The van der Waals surface area contributed by atoms with Crippen molar-refractivity contribution in [2.24, 2.45) is 5.73 Å². The van der Waals surface area contributed by atoms with Crippen molar-refractivity contribution in [3.8, 4) is 0 Å². The normalized spacial score (nSPS) is 18.3. The minimum Gasteiger partial charge on any atom is -0.377 e. The molecule has 15 heavy (non-hydrogen) atoms. The molecule has 0 aliphatic carbocycles. The lowest BCUT2D eigenvalue weighted by Gasteiger charge is -2.31. The van der Waals surface area contributed by atoms with Gasteiger partial charge >= 0.3 is 0 Å². The third-order valence-electron chi connectivity index (χ3n) is 2.53. The van der Waals surface area contributed by atoms with E-state index in [0.29, 0.717) is 19.3 Å². The largest absolute Gasteiger partial charge is 0.377 e. The molecule has 0 atom stereocenters. The van der Waals surface area contributed by atoms with Gasteiger partial charge in [-0.3, -0.25) is 0 Å². The second-order valence-corrected chi connectivity index (χ2v) is 4.38. The number of aromatic nitrogens is 2. The van der Waals surface area contributed by atoms with Gasteiger partial charge in [0.2, 0.25) is 5.13 Å². The summed E-state index contributed by atoms with van der Waals surface area (Å²) < 4.78 is 5.61. The van der Waals surface area contributed by atoms with Crippen LogP contribution >= 0.6 is 11.3 Å². The van der Waals surface area contributed by atoms with Gasteiger partial charge in [0.15, 0.2) is 0 Å². The molecule has 84 valence electrons. The van der Waals surface area contributed by atoms with Crippen LogP contribution in [-0.4, -0.2) is 42.5 Å². The van der Waals surface area contributed by atoms with Crippen molar-refractivity contribution in [2.45, 2.75) is 18.9 Å². The van der Waals surface area contributed by atoms with Gasteiger partial charge in [-0.05, 0) is 12.8 Å². The summed E-state index contributed by atoms with van der Waals surface area (Å²) in [5.74, 6) is 0. The summed E-state index contributed by atoms with van der Waals surface area (Å²) in [4.78, 5) is 2.26. The summed E-state index contributed by atoms with van der Waals surface area (Å²) in [5, 5.41) is 8.93. The quantitative estimate of drug-likeness (QED) is 0.812. The second-order valence-electron chi connectivity index (χ2n) is 3.57. The summed E-state index contributed by atoms with van der Waals surface area (Å²) in [6.07, 6.45) is 2.48. The Morgan fingerprint density at radius 2 is 2.33 bits per heavy atom. The van der Waals surface area contributed by atoms with Crippen LogP contribution in [0.15, 0.2) is 5.51 Å². The zero-order chi connectivity index (χ0) is 10.5. The molecule has 0 unspecified atom stereocenters. The van der Waals surface area contributed by atoms with Crippen molar-refractivity contribution < 1.29 is 4.74 Å². The van der Waals surface area contributed by atoms with Crippen LogP contribution in [0, 0.1) is 0 Å². The monoisotopic (exact) mass is 228 g/mol. The average Bonchev–Trinajstić information content (AvgIpc) is 2.80. The fourth-order valence-electron chi connectivity index (χ4n) is 1.75. The van der Waals surface area contributed by atoms with Gasteiger partial charge in [-0.2, -0.15) is 0 Å². The third kappa shape index (κ3) is 2.87. The molecule has 6 heteroatoms. The first-order valence-corrected chi connectivity index (χ1v) is 6.11. The maximum atomic E-state index is 5.61. The highest BCUT2D eigenvalue weighted by atomic mass is 32.1. The van der Waals surface area contributed by atoms with Gasteiger partial charge < -0.3 is 15.4 Å². The Morgan fingerprint density at radius 1 is 1.53 bits per heavy atom. The number of rotatable bonds is 4. The molecule has 0 spiro atoms. The molecule has 0 radical (unpaired) electrons. The topological polar surface area (TPSA) is 64.3 Å². The van der Waals surface area contributed by atoms with E-state index in [1.165, 1.54) is 0 Å². The maximum Gasteiger partial charge on any atom is 0.208 e. The van der Waals surface area contributed by atoms with Gasteiger partial charge in [-0.25, -0.2) is 0 Å². The Kier molecular flexibility index (Phi) is 3.87. The lowest BCUT2D eigenvalue weighted by Crippen LogP contribution is -2.37. The average molecular weight is 228 g/mol. The van der Waals surface area contributed by atoms with E-state index in [9.17, 15) is 0 Å². The van der Waals surface area contributed by atoms with Crippen molar-refractivity contribution in [3.05, 3.63) is 5.51 Å². The number of nitrogens with two attached hydrogens (primary N) is 1. The third-order valence-corrected chi connectivity index (χ3v) is 3.28. The Bertz CT molecular complexity index is 272. The zero-order valence-electron chi connectivity index (χ0n) is 8.63. The van der Waals surface area contributed by atoms with E-state index in [2.05, 4.69) is 15.1 Å². The molecular formula is C9H16N4OS. The van der Waals surface area contributed by atoms with Gasteiger partial charge in [0.25, 0.3) is 0 Å². The van der Waals surface area contributed by atoms with Crippen LogP contribution in [0.5, 0.6) is 0 Å². The van der Waals surface area contributed by atoms with Gasteiger partial charge in [0, 0.05) is 19.6 Å². The molecule has 2 heterocycles. The number of ether oxygens (including phenoxy) is 1. The van der Waals surface area contributed by atoms with Gasteiger partial charge in [0.05, 0.1) is 12.7 Å². The molecule has 0 bridgehead atoms. The molecule has 1 saturated heterocycles. The first-order valence-electron chi connectivity index (χ1n) is 5.23. The molecular weight excluding hydrogens is 212 g/mol. The molecule has 5 nitrogen and oxygen atoms in total. The van der Waals surface area contributed by atoms with Crippen LogP contribution < -0.4 is 10.6 Å². The summed E-state index contributed by atoms with van der Waals surface area (Å²) in [5.41, 5.74) is 7.17. The number of nitrogens with zero attached hydrogens (tertiary/aromatic N) is 3. The predicted octanol–water partition coefficient (Wildman–Crippen LogP) is 0.482. The Labute approximate surface area is 93.2 Å². The highest BCUT2D eigenvalue weighted by Crippen LogP contribution is 2.21. The number of piperidine rings is 1. The molecule has 1 aliphatic heterocycles. The smallest absolute Gasteiger partial charge is 0.208 e. The van der Waals surface area contributed by atoms with Crippen molar-refractivity contribution in [1.82, 2.24) is 10.2 Å². The lowest BCUT2D eigenvalue weighted by molar-refractivity contribution is 0.0422. The van der Waals surface area contributed by atoms with E-state index in [4.69, 9.17) is 10.5 Å².